The van der Waals surface area contributed by atoms with Crippen molar-refractivity contribution in [3.63, 3.8) is 0 Å². The highest BCUT2D eigenvalue weighted by Gasteiger charge is 2.65. The van der Waals surface area contributed by atoms with Crippen molar-refractivity contribution in [1.29, 1.82) is 0 Å². The average Bonchev–Trinajstić information content (AvgIpc) is 3.57. The first kappa shape index (κ1) is 30.2. The summed E-state index contributed by atoms with van der Waals surface area (Å²) in [6.45, 7) is 3.68. The minimum absolute atomic E-state index is 0.0469. The Hall–Kier alpha value is -3.26. The maximum absolute atomic E-state index is 14.9. The average molecular weight is 612 g/mol. The number of halogens is 2. The summed E-state index contributed by atoms with van der Waals surface area (Å²) in [6, 6.07) is 20.0. The van der Waals surface area contributed by atoms with Gasteiger partial charge in [0.1, 0.15) is 22.5 Å². The highest BCUT2D eigenvalue weighted by molar-refractivity contribution is 6.42. The van der Waals surface area contributed by atoms with Crippen molar-refractivity contribution >= 4 is 35.1 Å². The second-order valence-corrected chi connectivity index (χ2v) is 11.8. The minimum atomic E-state index is -1.35. The van der Waals surface area contributed by atoms with Gasteiger partial charge in [0.15, 0.2) is 0 Å². The van der Waals surface area contributed by atoms with E-state index in [2.05, 4.69) is 5.32 Å². The maximum atomic E-state index is 14.9. The van der Waals surface area contributed by atoms with E-state index in [0.717, 1.165) is 18.5 Å². The molecule has 7 nitrogen and oxygen atoms in total. The number of rotatable bonds is 8. The van der Waals surface area contributed by atoms with Gasteiger partial charge < -0.3 is 24.8 Å². The lowest BCUT2D eigenvalue weighted by Crippen LogP contribution is -2.69. The fourth-order valence-corrected chi connectivity index (χ4v) is 7.90. The van der Waals surface area contributed by atoms with Crippen LogP contribution in [-0.4, -0.2) is 61.3 Å². The molecule has 222 valence electrons. The number of ether oxygens (including phenoxy) is 2. The van der Waals surface area contributed by atoms with E-state index in [1.54, 1.807) is 30.3 Å². The molecule has 0 radical (unpaired) electrons. The molecule has 2 heterocycles. The Balaban J connectivity index is 1.84. The number of carboxylic acids is 1. The largest absolute Gasteiger partial charge is 0.496 e. The number of methoxy groups -OCH3 is 2. The molecule has 5 rings (SSSR count). The number of hydrogen-bond acceptors (Lipinski definition) is 5. The van der Waals surface area contributed by atoms with Crippen molar-refractivity contribution in [2.75, 3.05) is 33.9 Å². The van der Waals surface area contributed by atoms with E-state index in [0.29, 0.717) is 45.6 Å². The second kappa shape index (κ2) is 12.2. The Morgan fingerprint density at radius 3 is 2.24 bits per heavy atom. The van der Waals surface area contributed by atoms with Crippen LogP contribution < -0.4 is 14.8 Å². The van der Waals surface area contributed by atoms with Gasteiger partial charge in [0.2, 0.25) is 0 Å². The highest BCUT2D eigenvalue weighted by atomic mass is 35.5. The number of amides is 1. The van der Waals surface area contributed by atoms with E-state index >= 15 is 0 Å². The molecule has 0 spiro atoms. The van der Waals surface area contributed by atoms with Crippen molar-refractivity contribution < 1.29 is 24.2 Å². The number of nitrogens with zero attached hydrogens (tertiary/aromatic N) is 1. The van der Waals surface area contributed by atoms with Gasteiger partial charge in [0.05, 0.1) is 29.8 Å². The Bertz CT molecular complexity index is 1440. The summed E-state index contributed by atoms with van der Waals surface area (Å²) in [7, 11) is 3.05. The Labute approximate surface area is 256 Å². The number of benzene rings is 3. The summed E-state index contributed by atoms with van der Waals surface area (Å²) < 4.78 is 11.3. The number of likely N-dealkylation sites (tertiary alicyclic amines) is 1. The van der Waals surface area contributed by atoms with Crippen LogP contribution in [0.3, 0.4) is 0 Å². The lowest BCUT2D eigenvalue weighted by atomic mass is 9.52. The van der Waals surface area contributed by atoms with Crippen molar-refractivity contribution in [3.8, 4) is 11.5 Å². The predicted molar refractivity (Wildman–Crippen MR) is 164 cm³/mol. The molecular formula is C33H36Cl2N2O5. The summed E-state index contributed by atoms with van der Waals surface area (Å²) >= 11 is 13.0. The van der Waals surface area contributed by atoms with E-state index < -0.39 is 22.8 Å². The Kier molecular flexibility index (Phi) is 8.74. The summed E-state index contributed by atoms with van der Waals surface area (Å²) in [5.74, 6) is -1.09. The van der Waals surface area contributed by atoms with Gasteiger partial charge in [-0.3, -0.25) is 9.59 Å². The van der Waals surface area contributed by atoms with Gasteiger partial charge >= 0.3 is 5.97 Å². The summed E-state index contributed by atoms with van der Waals surface area (Å²) in [6.07, 6.45) is 1.49. The van der Waals surface area contributed by atoms with Gasteiger partial charge in [0, 0.05) is 19.0 Å². The number of carbonyl (C=O) groups excluding carboxylic acids is 1. The van der Waals surface area contributed by atoms with Crippen LogP contribution in [0, 0.1) is 5.92 Å². The van der Waals surface area contributed by atoms with Crippen LogP contribution in [-0.2, 0) is 10.2 Å². The number of carboxylic acid groups (broad SMARTS) is 1. The Morgan fingerprint density at radius 1 is 1.00 bits per heavy atom. The molecule has 0 aromatic heterocycles. The molecule has 2 aliphatic heterocycles. The summed E-state index contributed by atoms with van der Waals surface area (Å²) in [4.78, 5) is 30.5. The van der Waals surface area contributed by atoms with Gasteiger partial charge in [-0.1, -0.05) is 72.6 Å². The SMILES string of the molecule is CCC1(C2CCNC2)C(c2ccc(Cl)c(Cl)c2)C(C(=O)O)(c2ccccc2)CCN1C(=O)c1c(OC)cccc1OC. The molecule has 3 aromatic carbocycles. The van der Waals surface area contributed by atoms with E-state index in [9.17, 15) is 14.7 Å². The molecule has 2 fully saturated rings. The third-order valence-electron chi connectivity index (χ3n) is 9.39. The zero-order chi connectivity index (χ0) is 30.1. The maximum Gasteiger partial charge on any atom is 0.314 e. The number of nitrogens with one attached hydrogen (secondary N) is 1. The second-order valence-electron chi connectivity index (χ2n) is 11.0. The van der Waals surface area contributed by atoms with Gasteiger partial charge in [-0.25, -0.2) is 0 Å². The van der Waals surface area contributed by atoms with Crippen LogP contribution in [0.25, 0.3) is 0 Å². The molecular weight excluding hydrogens is 575 g/mol. The third-order valence-corrected chi connectivity index (χ3v) is 10.1. The highest BCUT2D eigenvalue weighted by Crippen LogP contribution is 2.59. The van der Waals surface area contributed by atoms with Gasteiger partial charge in [-0.05, 0) is 67.1 Å². The first-order valence-corrected chi connectivity index (χ1v) is 15.0. The molecule has 42 heavy (non-hydrogen) atoms. The molecule has 4 unspecified atom stereocenters. The third kappa shape index (κ3) is 4.72. The molecule has 0 bridgehead atoms. The van der Waals surface area contributed by atoms with Crippen LogP contribution in [0.2, 0.25) is 10.0 Å². The molecule has 9 heteroatoms. The number of hydrogen-bond donors (Lipinski definition) is 2. The van der Waals surface area contributed by atoms with Crippen LogP contribution in [0.1, 0.15) is 53.6 Å². The lowest BCUT2D eigenvalue weighted by Gasteiger charge is -2.61. The fraction of sp³-hybridized carbons (Fsp3) is 0.394. The van der Waals surface area contributed by atoms with E-state index in [1.807, 2.05) is 48.2 Å². The first-order valence-electron chi connectivity index (χ1n) is 14.2. The van der Waals surface area contributed by atoms with Crippen molar-refractivity contribution in [1.82, 2.24) is 10.2 Å². The van der Waals surface area contributed by atoms with Gasteiger partial charge in [-0.15, -0.1) is 0 Å². The summed E-state index contributed by atoms with van der Waals surface area (Å²) in [5.41, 5.74) is -0.524. The normalized spacial score (nSPS) is 25.7. The van der Waals surface area contributed by atoms with E-state index in [4.69, 9.17) is 32.7 Å². The Morgan fingerprint density at radius 2 is 1.69 bits per heavy atom. The molecule has 4 atom stereocenters. The predicted octanol–water partition coefficient (Wildman–Crippen LogP) is 6.42. The molecule has 1 amide bonds. The van der Waals surface area contributed by atoms with Crippen LogP contribution in [0.4, 0.5) is 0 Å². The van der Waals surface area contributed by atoms with Crippen molar-refractivity contribution in [3.05, 3.63) is 93.5 Å². The molecule has 2 N–H and O–H groups in total. The zero-order valence-electron chi connectivity index (χ0n) is 24.0. The van der Waals surface area contributed by atoms with Crippen molar-refractivity contribution in [2.24, 2.45) is 5.92 Å². The van der Waals surface area contributed by atoms with Crippen LogP contribution in [0.5, 0.6) is 11.5 Å². The fourth-order valence-electron chi connectivity index (χ4n) is 7.60. The number of aliphatic carboxylic acids is 1. The summed E-state index contributed by atoms with van der Waals surface area (Å²) in [5, 5.41) is 15.5. The topological polar surface area (TPSA) is 88.1 Å². The number of piperidine rings is 1. The smallest absolute Gasteiger partial charge is 0.314 e. The molecule has 3 aromatic rings. The molecule has 0 aliphatic carbocycles. The van der Waals surface area contributed by atoms with Crippen molar-refractivity contribution in [2.45, 2.75) is 43.1 Å². The minimum Gasteiger partial charge on any atom is -0.496 e. The van der Waals surface area contributed by atoms with E-state index in [1.165, 1.54) is 14.2 Å². The zero-order valence-corrected chi connectivity index (χ0v) is 25.5. The standard InChI is InChI=1S/C33H36Cl2N2O5/c1-4-33(23-15-17-36-20-23)29(21-13-14-24(34)25(35)19-21)32(31(39)40,22-9-6-5-7-10-22)16-18-37(33)30(38)28-26(41-2)11-8-12-27(28)42-3/h5-14,19,23,29,36H,4,15-18,20H2,1-3H3,(H,39,40). The quantitative estimate of drug-likeness (QED) is 0.306. The molecule has 2 aliphatic rings. The molecule has 2 saturated heterocycles. The van der Waals surface area contributed by atoms with Gasteiger partial charge in [0.25, 0.3) is 5.91 Å². The van der Waals surface area contributed by atoms with Crippen LogP contribution >= 0.6 is 23.2 Å². The van der Waals surface area contributed by atoms with Crippen LogP contribution in [0.15, 0.2) is 66.7 Å². The monoisotopic (exact) mass is 610 g/mol. The number of carbonyl (C=O) groups is 2. The molecule has 0 saturated carbocycles. The van der Waals surface area contributed by atoms with Gasteiger partial charge in [-0.2, -0.15) is 0 Å². The van der Waals surface area contributed by atoms with E-state index in [-0.39, 0.29) is 24.8 Å². The first-order chi connectivity index (χ1) is 20.3. The lowest BCUT2D eigenvalue weighted by molar-refractivity contribution is -0.152.